The number of amides is 1. The fraction of sp³-hybridized carbons (Fsp3) is 0.538. The number of anilines is 1. The third-order valence-electron chi connectivity index (χ3n) is 3.66. The van der Waals surface area contributed by atoms with Gasteiger partial charge < -0.3 is 10.6 Å². The molecule has 1 aromatic rings. The van der Waals surface area contributed by atoms with Gasteiger partial charge in [-0.2, -0.15) is 13.2 Å². The lowest BCUT2D eigenvalue weighted by Crippen LogP contribution is -2.47. The summed E-state index contributed by atoms with van der Waals surface area (Å²) in [5, 5.41) is 0. The third-order valence-corrected chi connectivity index (χ3v) is 3.66. The molecular formula is C13H14F5N3O. The maximum Gasteiger partial charge on any atom is 0.433 e. The molecule has 1 unspecified atom stereocenters. The van der Waals surface area contributed by atoms with Crippen molar-refractivity contribution in [2.45, 2.75) is 25.4 Å². The van der Waals surface area contributed by atoms with Crippen LogP contribution < -0.4 is 10.6 Å². The summed E-state index contributed by atoms with van der Waals surface area (Å²) in [5.74, 6) is -5.23. The topological polar surface area (TPSA) is 59.2 Å². The first kappa shape index (κ1) is 16.4. The summed E-state index contributed by atoms with van der Waals surface area (Å²) in [4.78, 5) is 16.0. The Labute approximate surface area is 123 Å². The number of pyridine rings is 1. The lowest BCUT2D eigenvalue weighted by molar-refractivity contribution is -0.141. The molecule has 122 valence electrons. The highest BCUT2D eigenvalue weighted by Crippen LogP contribution is 2.36. The second-order valence-corrected chi connectivity index (χ2v) is 5.29. The van der Waals surface area contributed by atoms with Gasteiger partial charge in [-0.25, -0.2) is 13.8 Å². The summed E-state index contributed by atoms with van der Waals surface area (Å²) < 4.78 is 65.2. The summed E-state index contributed by atoms with van der Waals surface area (Å²) in [6.45, 7) is 0.886. The van der Waals surface area contributed by atoms with Crippen LogP contribution in [0.15, 0.2) is 12.1 Å². The summed E-state index contributed by atoms with van der Waals surface area (Å²) in [6.07, 6.45) is -5.22. The molecule has 0 aromatic carbocycles. The van der Waals surface area contributed by atoms with Gasteiger partial charge >= 0.3 is 6.18 Å². The van der Waals surface area contributed by atoms with Gasteiger partial charge in [-0.05, 0) is 12.1 Å². The Morgan fingerprint density at radius 2 is 2.05 bits per heavy atom. The molecule has 0 saturated carbocycles. The van der Waals surface area contributed by atoms with Crippen LogP contribution in [0.1, 0.15) is 29.4 Å². The van der Waals surface area contributed by atoms with Gasteiger partial charge in [0, 0.05) is 25.4 Å². The van der Waals surface area contributed by atoms with Crippen molar-refractivity contribution in [1.29, 1.82) is 0 Å². The number of halogens is 5. The van der Waals surface area contributed by atoms with Crippen LogP contribution in [-0.4, -0.2) is 29.9 Å². The summed E-state index contributed by atoms with van der Waals surface area (Å²) in [5.41, 5.74) is 3.72. The number of primary amides is 1. The van der Waals surface area contributed by atoms with Crippen LogP contribution in [0.2, 0.25) is 0 Å². The molecule has 1 atom stereocenters. The van der Waals surface area contributed by atoms with Gasteiger partial charge in [0.05, 0.1) is 5.56 Å². The zero-order valence-corrected chi connectivity index (χ0v) is 11.6. The predicted octanol–water partition coefficient (Wildman–Crippen LogP) is 2.68. The Kier molecular flexibility index (Phi) is 4.01. The van der Waals surface area contributed by atoms with Crippen LogP contribution in [0.5, 0.6) is 0 Å². The molecule has 9 heteroatoms. The Bertz CT molecular complexity index is 588. The average Bonchev–Trinajstić information content (AvgIpc) is 2.40. The molecule has 0 radical (unpaired) electrons. The normalized spacial score (nSPS) is 21.7. The van der Waals surface area contributed by atoms with Crippen molar-refractivity contribution in [3.63, 3.8) is 0 Å². The fourth-order valence-corrected chi connectivity index (χ4v) is 2.32. The molecule has 1 saturated heterocycles. The number of carbonyl (C=O) groups is 1. The number of nitrogens with two attached hydrogens (primary N) is 1. The highest BCUT2D eigenvalue weighted by atomic mass is 19.4. The van der Waals surface area contributed by atoms with Gasteiger partial charge in [0.15, 0.2) is 0 Å². The van der Waals surface area contributed by atoms with E-state index < -0.39 is 36.0 Å². The van der Waals surface area contributed by atoms with Crippen LogP contribution >= 0.6 is 0 Å². The van der Waals surface area contributed by atoms with E-state index in [1.807, 2.05) is 0 Å². The standard InChI is InChI=1S/C13H14F5N3O/c1-7-6-21(5-4-12(7,14)15)11-8(10(19)22)2-3-9(20-11)13(16,17)18/h2-3,7H,4-6H2,1H3,(H2,19,22). The first-order chi connectivity index (χ1) is 10.0. The van der Waals surface area contributed by atoms with Crippen molar-refractivity contribution in [1.82, 2.24) is 4.98 Å². The van der Waals surface area contributed by atoms with Gasteiger partial charge in [-0.1, -0.05) is 6.92 Å². The molecule has 0 bridgehead atoms. The SMILES string of the molecule is CC1CN(c2nc(C(F)(F)F)ccc2C(N)=O)CCC1(F)F. The smallest absolute Gasteiger partial charge is 0.365 e. The molecule has 1 fully saturated rings. The third kappa shape index (κ3) is 3.12. The predicted molar refractivity (Wildman–Crippen MR) is 68.7 cm³/mol. The van der Waals surface area contributed by atoms with E-state index in [1.54, 1.807) is 0 Å². The van der Waals surface area contributed by atoms with Gasteiger partial charge in [-0.3, -0.25) is 4.79 Å². The van der Waals surface area contributed by atoms with Crippen LogP contribution in [-0.2, 0) is 6.18 Å². The number of hydrogen-bond acceptors (Lipinski definition) is 3. The molecule has 1 aliphatic rings. The minimum Gasteiger partial charge on any atom is -0.365 e. The van der Waals surface area contributed by atoms with Gasteiger partial charge in [0.1, 0.15) is 11.5 Å². The molecular weight excluding hydrogens is 309 g/mol. The van der Waals surface area contributed by atoms with Crippen LogP contribution in [0.4, 0.5) is 27.8 Å². The molecule has 1 aromatic heterocycles. The number of hydrogen-bond donors (Lipinski definition) is 1. The Morgan fingerprint density at radius 1 is 1.41 bits per heavy atom. The van der Waals surface area contributed by atoms with E-state index in [2.05, 4.69) is 4.98 Å². The maximum absolute atomic E-state index is 13.5. The second kappa shape index (κ2) is 5.36. The Morgan fingerprint density at radius 3 is 2.55 bits per heavy atom. The minimum absolute atomic E-state index is 0.202. The highest BCUT2D eigenvalue weighted by molar-refractivity contribution is 5.97. The molecule has 1 aliphatic heterocycles. The number of aromatic nitrogens is 1. The van der Waals surface area contributed by atoms with E-state index in [0.717, 1.165) is 6.07 Å². The molecule has 0 aliphatic carbocycles. The van der Waals surface area contributed by atoms with Gasteiger partial charge in [0.2, 0.25) is 0 Å². The van der Waals surface area contributed by atoms with Crippen molar-refractivity contribution >= 4 is 11.7 Å². The van der Waals surface area contributed by atoms with Gasteiger partial charge in [-0.15, -0.1) is 0 Å². The van der Waals surface area contributed by atoms with Crippen molar-refractivity contribution in [2.24, 2.45) is 11.7 Å². The largest absolute Gasteiger partial charge is 0.433 e. The molecule has 2 N–H and O–H groups in total. The van der Waals surface area contributed by atoms with E-state index in [9.17, 15) is 26.7 Å². The maximum atomic E-state index is 13.5. The van der Waals surface area contributed by atoms with Crippen molar-refractivity contribution in [3.8, 4) is 0 Å². The molecule has 0 spiro atoms. The highest BCUT2D eigenvalue weighted by Gasteiger charge is 2.42. The summed E-state index contributed by atoms with van der Waals surface area (Å²) in [7, 11) is 0. The van der Waals surface area contributed by atoms with E-state index in [-0.39, 0.29) is 24.5 Å². The molecule has 2 rings (SSSR count). The van der Waals surface area contributed by atoms with E-state index >= 15 is 0 Å². The van der Waals surface area contributed by atoms with Crippen molar-refractivity contribution < 1.29 is 26.7 Å². The minimum atomic E-state index is -4.70. The summed E-state index contributed by atoms with van der Waals surface area (Å²) >= 11 is 0. The monoisotopic (exact) mass is 323 g/mol. The Hall–Kier alpha value is -1.93. The zero-order chi connectivity index (χ0) is 16.7. The van der Waals surface area contributed by atoms with Crippen LogP contribution in [0, 0.1) is 5.92 Å². The molecule has 1 amide bonds. The lowest BCUT2D eigenvalue weighted by atomic mass is 9.95. The Balaban J connectivity index is 2.42. The molecule has 2 heterocycles. The molecule has 4 nitrogen and oxygen atoms in total. The van der Waals surface area contributed by atoms with Crippen molar-refractivity contribution in [2.75, 3.05) is 18.0 Å². The number of nitrogens with zero attached hydrogens (tertiary/aromatic N) is 2. The average molecular weight is 323 g/mol. The number of piperidine rings is 1. The van der Waals surface area contributed by atoms with E-state index in [0.29, 0.717) is 6.07 Å². The quantitative estimate of drug-likeness (QED) is 0.851. The first-order valence-electron chi connectivity index (χ1n) is 6.53. The van der Waals surface area contributed by atoms with Crippen molar-refractivity contribution in [3.05, 3.63) is 23.4 Å². The number of rotatable bonds is 2. The fourth-order valence-electron chi connectivity index (χ4n) is 2.32. The molecule has 22 heavy (non-hydrogen) atoms. The first-order valence-corrected chi connectivity index (χ1v) is 6.53. The van der Waals surface area contributed by atoms with Crippen LogP contribution in [0.3, 0.4) is 0 Å². The number of carbonyl (C=O) groups excluding carboxylic acids is 1. The lowest BCUT2D eigenvalue weighted by Gasteiger charge is -2.38. The van der Waals surface area contributed by atoms with E-state index in [4.69, 9.17) is 5.73 Å². The van der Waals surface area contributed by atoms with Gasteiger partial charge in [0.25, 0.3) is 11.8 Å². The van der Waals surface area contributed by atoms with Crippen LogP contribution in [0.25, 0.3) is 0 Å². The second-order valence-electron chi connectivity index (χ2n) is 5.29. The zero-order valence-electron chi connectivity index (χ0n) is 11.6. The van der Waals surface area contributed by atoms with E-state index in [1.165, 1.54) is 11.8 Å². The summed E-state index contributed by atoms with van der Waals surface area (Å²) in [6, 6.07) is 1.57. The number of alkyl halides is 5.